The number of aromatic nitrogens is 6. The molecule has 6 nitrogen and oxygen atoms in total. The highest BCUT2D eigenvalue weighted by Gasteiger charge is 2.23. The summed E-state index contributed by atoms with van der Waals surface area (Å²) in [5, 5.41) is 12.5. The molecule has 0 aliphatic carbocycles. The topological polar surface area (TPSA) is 69.4 Å². The van der Waals surface area contributed by atoms with Crippen LogP contribution in [0.15, 0.2) is 37.8 Å². The van der Waals surface area contributed by atoms with Crippen molar-refractivity contribution in [1.82, 2.24) is 30.2 Å². The lowest BCUT2D eigenvalue weighted by molar-refractivity contribution is 0.566. The second kappa shape index (κ2) is 6.05. The van der Waals surface area contributed by atoms with E-state index in [4.69, 9.17) is 4.98 Å². The molecule has 3 aromatic heterocycles. The SMILES string of the molecule is CC(C)(C)c1nc(Sc2nnnn2-c2cccnc2)sc1Br. The molecule has 0 radical (unpaired) electrons. The lowest BCUT2D eigenvalue weighted by Crippen LogP contribution is -2.12. The van der Waals surface area contributed by atoms with Gasteiger partial charge in [-0.25, -0.2) is 4.98 Å². The predicted molar refractivity (Wildman–Crippen MR) is 89.6 cm³/mol. The molecular formula is C13H13BrN6S2. The van der Waals surface area contributed by atoms with E-state index in [1.54, 1.807) is 28.4 Å². The summed E-state index contributed by atoms with van der Waals surface area (Å²) < 4.78 is 3.60. The van der Waals surface area contributed by atoms with Crippen LogP contribution < -0.4 is 0 Å². The second-order valence-electron chi connectivity index (χ2n) is 5.54. The Kier molecular flexibility index (Phi) is 4.28. The van der Waals surface area contributed by atoms with Crippen LogP contribution in [-0.2, 0) is 5.41 Å². The molecule has 0 unspecified atom stereocenters. The summed E-state index contributed by atoms with van der Waals surface area (Å²) in [5.74, 6) is 0. The number of tetrazole rings is 1. The third kappa shape index (κ3) is 3.21. The molecule has 0 amide bonds. The van der Waals surface area contributed by atoms with Gasteiger partial charge in [-0.3, -0.25) is 4.98 Å². The number of rotatable bonds is 3. The van der Waals surface area contributed by atoms with E-state index in [0.29, 0.717) is 5.16 Å². The van der Waals surface area contributed by atoms with E-state index in [9.17, 15) is 0 Å². The monoisotopic (exact) mass is 396 g/mol. The van der Waals surface area contributed by atoms with Crippen LogP contribution in [0, 0.1) is 0 Å². The molecule has 0 fully saturated rings. The molecule has 0 bridgehead atoms. The first-order valence-corrected chi connectivity index (χ1v) is 8.91. The third-order valence-corrected chi connectivity index (χ3v) is 5.49. The Balaban J connectivity index is 1.91. The molecule has 0 aromatic carbocycles. The van der Waals surface area contributed by atoms with Crippen molar-refractivity contribution in [1.29, 1.82) is 0 Å². The average Bonchev–Trinajstić information content (AvgIpc) is 3.06. The largest absolute Gasteiger partial charge is 0.262 e. The normalized spacial score (nSPS) is 11.8. The molecule has 3 heterocycles. The van der Waals surface area contributed by atoms with Crippen molar-refractivity contribution >= 4 is 39.0 Å². The fourth-order valence-corrected chi connectivity index (χ4v) is 5.19. The van der Waals surface area contributed by atoms with Crippen molar-refractivity contribution in [2.24, 2.45) is 0 Å². The van der Waals surface area contributed by atoms with Gasteiger partial charge in [-0.2, -0.15) is 4.68 Å². The van der Waals surface area contributed by atoms with E-state index < -0.39 is 0 Å². The van der Waals surface area contributed by atoms with E-state index in [1.807, 2.05) is 12.1 Å². The zero-order valence-electron chi connectivity index (χ0n) is 12.2. The van der Waals surface area contributed by atoms with Gasteiger partial charge in [0.2, 0.25) is 5.16 Å². The first-order valence-electron chi connectivity index (χ1n) is 6.48. The van der Waals surface area contributed by atoms with Crippen molar-refractivity contribution in [2.45, 2.75) is 35.7 Å². The Labute approximate surface area is 144 Å². The summed E-state index contributed by atoms with van der Waals surface area (Å²) in [5.41, 5.74) is 1.85. The maximum atomic E-state index is 4.70. The maximum absolute atomic E-state index is 4.70. The highest BCUT2D eigenvalue weighted by atomic mass is 79.9. The number of thiazole rings is 1. The molecule has 0 spiro atoms. The van der Waals surface area contributed by atoms with Gasteiger partial charge in [-0.1, -0.05) is 32.1 Å². The van der Waals surface area contributed by atoms with Crippen LogP contribution in [0.5, 0.6) is 0 Å². The predicted octanol–water partition coefficient (Wildman–Crippen LogP) is 3.73. The highest BCUT2D eigenvalue weighted by molar-refractivity contribution is 9.11. The van der Waals surface area contributed by atoms with Gasteiger partial charge in [0.15, 0.2) is 4.34 Å². The van der Waals surface area contributed by atoms with Gasteiger partial charge in [-0.05, 0) is 50.3 Å². The molecule has 114 valence electrons. The molecule has 3 aromatic rings. The fourth-order valence-electron chi connectivity index (χ4n) is 1.75. The standard InChI is InChI=1S/C13H13BrN6S2/c1-13(2,3)9-10(14)21-12(16-9)22-11-17-18-19-20(11)8-5-4-6-15-7-8/h4-7H,1-3H3. The van der Waals surface area contributed by atoms with Crippen LogP contribution in [-0.4, -0.2) is 30.2 Å². The summed E-state index contributed by atoms with van der Waals surface area (Å²) in [6.45, 7) is 6.42. The molecule has 22 heavy (non-hydrogen) atoms. The third-order valence-electron chi connectivity index (χ3n) is 2.79. The van der Waals surface area contributed by atoms with Crippen LogP contribution in [0.2, 0.25) is 0 Å². The molecule has 9 heteroatoms. The highest BCUT2D eigenvalue weighted by Crippen LogP contribution is 2.39. The van der Waals surface area contributed by atoms with E-state index in [1.165, 1.54) is 11.8 Å². The number of halogens is 1. The summed E-state index contributed by atoms with van der Waals surface area (Å²) in [6, 6.07) is 3.76. The molecule has 0 saturated heterocycles. The van der Waals surface area contributed by atoms with Gasteiger partial charge in [-0.15, -0.1) is 5.10 Å². The molecule has 0 N–H and O–H groups in total. The van der Waals surface area contributed by atoms with E-state index in [-0.39, 0.29) is 5.41 Å². The molecule has 0 aliphatic rings. The summed E-state index contributed by atoms with van der Waals surface area (Å²) in [6.07, 6.45) is 3.44. The number of hydrogen-bond acceptors (Lipinski definition) is 7. The van der Waals surface area contributed by atoms with Crippen LogP contribution in [0.3, 0.4) is 0 Å². The fraction of sp³-hybridized carbons (Fsp3) is 0.308. The van der Waals surface area contributed by atoms with Crippen molar-refractivity contribution < 1.29 is 0 Å². The second-order valence-corrected chi connectivity index (χ2v) is 9.07. The Morgan fingerprint density at radius 2 is 2.14 bits per heavy atom. The Morgan fingerprint density at radius 3 is 2.77 bits per heavy atom. The quantitative estimate of drug-likeness (QED) is 0.671. The Morgan fingerprint density at radius 1 is 1.32 bits per heavy atom. The minimum Gasteiger partial charge on any atom is -0.262 e. The first kappa shape index (κ1) is 15.6. The van der Waals surface area contributed by atoms with Crippen LogP contribution in [0.4, 0.5) is 0 Å². The van der Waals surface area contributed by atoms with Gasteiger partial charge < -0.3 is 0 Å². The van der Waals surface area contributed by atoms with E-state index in [2.05, 4.69) is 57.2 Å². The molecule has 0 saturated carbocycles. The zero-order chi connectivity index (χ0) is 15.7. The van der Waals surface area contributed by atoms with Gasteiger partial charge in [0.25, 0.3) is 0 Å². The van der Waals surface area contributed by atoms with Crippen molar-refractivity contribution in [3.8, 4) is 5.69 Å². The zero-order valence-corrected chi connectivity index (χ0v) is 15.4. The molecule has 3 rings (SSSR count). The lowest BCUT2D eigenvalue weighted by atomic mass is 9.93. The van der Waals surface area contributed by atoms with Gasteiger partial charge in [0, 0.05) is 11.6 Å². The van der Waals surface area contributed by atoms with Gasteiger partial charge >= 0.3 is 0 Å². The first-order chi connectivity index (χ1) is 10.4. The van der Waals surface area contributed by atoms with Crippen LogP contribution >= 0.6 is 39.0 Å². The van der Waals surface area contributed by atoms with E-state index >= 15 is 0 Å². The number of nitrogens with zero attached hydrogens (tertiary/aromatic N) is 6. The van der Waals surface area contributed by atoms with Crippen LogP contribution in [0.1, 0.15) is 26.5 Å². The van der Waals surface area contributed by atoms with Gasteiger partial charge in [0.05, 0.1) is 21.4 Å². The summed E-state index contributed by atoms with van der Waals surface area (Å²) >= 11 is 6.63. The minimum atomic E-state index is -0.0105. The van der Waals surface area contributed by atoms with Crippen LogP contribution in [0.25, 0.3) is 5.69 Å². The molecule has 0 aliphatic heterocycles. The summed E-state index contributed by atoms with van der Waals surface area (Å²) in [4.78, 5) is 8.79. The lowest BCUT2D eigenvalue weighted by Gasteiger charge is -2.15. The van der Waals surface area contributed by atoms with Crippen molar-refractivity contribution in [2.75, 3.05) is 0 Å². The maximum Gasteiger partial charge on any atom is 0.221 e. The smallest absolute Gasteiger partial charge is 0.221 e. The van der Waals surface area contributed by atoms with Crippen molar-refractivity contribution in [3.63, 3.8) is 0 Å². The number of pyridine rings is 1. The summed E-state index contributed by atoms with van der Waals surface area (Å²) in [7, 11) is 0. The minimum absolute atomic E-state index is 0.0105. The number of hydrogen-bond donors (Lipinski definition) is 0. The average molecular weight is 397 g/mol. The van der Waals surface area contributed by atoms with Gasteiger partial charge in [0.1, 0.15) is 0 Å². The Hall–Kier alpha value is -1.32. The Bertz CT molecular complexity index is 777. The molecule has 0 atom stereocenters. The van der Waals surface area contributed by atoms with E-state index in [0.717, 1.165) is 19.5 Å². The molecular weight excluding hydrogens is 384 g/mol. The van der Waals surface area contributed by atoms with Crippen molar-refractivity contribution in [3.05, 3.63) is 34.0 Å².